The van der Waals surface area contributed by atoms with E-state index in [2.05, 4.69) is 10.4 Å². The summed E-state index contributed by atoms with van der Waals surface area (Å²) in [6.45, 7) is 5.43. The first-order valence-electron chi connectivity index (χ1n) is 9.38. The fraction of sp³-hybridized carbons (Fsp3) is 0.273. The second kappa shape index (κ2) is 9.81. The van der Waals surface area contributed by atoms with E-state index in [0.29, 0.717) is 41.1 Å². The van der Waals surface area contributed by atoms with Gasteiger partial charge in [-0.05, 0) is 55.7 Å². The molecular weight excluding hydrogens is 409 g/mol. The van der Waals surface area contributed by atoms with Gasteiger partial charge < -0.3 is 10.1 Å². The Hall–Kier alpha value is -2.50. The van der Waals surface area contributed by atoms with Crippen molar-refractivity contribution in [2.45, 2.75) is 33.4 Å². The van der Waals surface area contributed by atoms with E-state index in [1.165, 1.54) is 0 Å². The molecule has 0 radical (unpaired) electrons. The molecule has 2 aromatic carbocycles. The van der Waals surface area contributed by atoms with E-state index in [1.807, 2.05) is 50.2 Å². The molecule has 0 bridgehead atoms. The lowest BCUT2D eigenvalue weighted by molar-refractivity contribution is 0.0952. The molecule has 3 rings (SSSR count). The van der Waals surface area contributed by atoms with Crippen molar-refractivity contribution in [1.82, 2.24) is 15.1 Å². The molecule has 7 heteroatoms. The first-order chi connectivity index (χ1) is 13.9. The van der Waals surface area contributed by atoms with Crippen LogP contribution in [0.1, 0.15) is 33.6 Å². The fourth-order valence-corrected chi connectivity index (χ4v) is 3.16. The van der Waals surface area contributed by atoms with Crippen molar-refractivity contribution >= 4 is 29.1 Å². The highest BCUT2D eigenvalue weighted by Crippen LogP contribution is 2.26. The Kier molecular flexibility index (Phi) is 7.18. The highest BCUT2D eigenvalue weighted by Gasteiger charge is 2.08. The molecule has 0 saturated heterocycles. The van der Waals surface area contributed by atoms with Gasteiger partial charge in [0, 0.05) is 24.8 Å². The maximum absolute atomic E-state index is 12.4. The minimum Gasteiger partial charge on any atom is -0.487 e. The lowest BCUT2D eigenvalue weighted by Crippen LogP contribution is -2.25. The van der Waals surface area contributed by atoms with Crippen molar-refractivity contribution in [3.05, 3.63) is 81.1 Å². The third-order valence-corrected chi connectivity index (χ3v) is 5.09. The summed E-state index contributed by atoms with van der Waals surface area (Å²) < 4.78 is 7.60. The molecule has 0 spiro atoms. The molecule has 29 heavy (non-hydrogen) atoms. The Bertz CT molecular complexity index is 982. The average molecular weight is 432 g/mol. The molecular formula is C22H23Cl2N3O2. The van der Waals surface area contributed by atoms with Crippen molar-refractivity contribution < 1.29 is 9.53 Å². The maximum Gasteiger partial charge on any atom is 0.251 e. The van der Waals surface area contributed by atoms with Crippen molar-refractivity contribution in [3.8, 4) is 5.75 Å². The molecule has 0 aliphatic carbocycles. The Morgan fingerprint density at radius 3 is 2.72 bits per heavy atom. The van der Waals surface area contributed by atoms with Crippen LogP contribution in [-0.4, -0.2) is 22.2 Å². The molecule has 0 aliphatic rings. The van der Waals surface area contributed by atoms with Gasteiger partial charge in [0.1, 0.15) is 12.4 Å². The van der Waals surface area contributed by atoms with Crippen molar-refractivity contribution in [1.29, 1.82) is 0 Å². The summed E-state index contributed by atoms with van der Waals surface area (Å²) in [5, 5.41) is 8.46. The number of ether oxygens (including phenoxy) is 1. The number of carbonyl (C=O) groups is 1. The molecule has 0 atom stereocenters. The topological polar surface area (TPSA) is 56.1 Å². The van der Waals surface area contributed by atoms with Gasteiger partial charge in [-0.3, -0.25) is 9.48 Å². The first-order valence-corrected chi connectivity index (χ1v) is 10.1. The van der Waals surface area contributed by atoms with Gasteiger partial charge in [-0.2, -0.15) is 5.10 Å². The maximum atomic E-state index is 12.4. The number of rotatable bonds is 8. The number of carbonyl (C=O) groups excluding carboxylic acids is 1. The number of aromatic nitrogens is 2. The van der Waals surface area contributed by atoms with Crippen LogP contribution in [0.2, 0.25) is 10.0 Å². The molecule has 5 nitrogen and oxygen atoms in total. The van der Waals surface area contributed by atoms with Gasteiger partial charge in [0.15, 0.2) is 0 Å². The molecule has 0 saturated carbocycles. The third-order valence-electron chi connectivity index (χ3n) is 4.41. The van der Waals surface area contributed by atoms with Crippen LogP contribution >= 0.6 is 23.2 Å². The van der Waals surface area contributed by atoms with Crippen LogP contribution in [0, 0.1) is 13.8 Å². The summed E-state index contributed by atoms with van der Waals surface area (Å²) in [5.74, 6) is 0.519. The minimum absolute atomic E-state index is 0.116. The second-order valence-corrected chi connectivity index (χ2v) is 7.67. The number of hydrogen-bond acceptors (Lipinski definition) is 3. The highest BCUT2D eigenvalue weighted by atomic mass is 35.5. The summed E-state index contributed by atoms with van der Waals surface area (Å²) in [7, 11) is 0. The van der Waals surface area contributed by atoms with Crippen LogP contribution in [-0.2, 0) is 13.2 Å². The molecule has 1 amide bonds. The summed E-state index contributed by atoms with van der Waals surface area (Å²) >= 11 is 12.2. The predicted octanol–water partition coefficient (Wildman–Crippen LogP) is 5.21. The average Bonchev–Trinajstić information content (AvgIpc) is 3.03. The monoisotopic (exact) mass is 431 g/mol. The normalized spacial score (nSPS) is 10.8. The van der Waals surface area contributed by atoms with Crippen LogP contribution < -0.4 is 10.1 Å². The van der Waals surface area contributed by atoms with E-state index in [-0.39, 0.29) is 5.91 Å². The molecule has 0 unspecified atom stereocenters. The Balaban J connectivity index is 1.50. The van der Waals surface area contributed by atoms with E-state index in [0.717, 1.165) is 23.2 Å². The quantitative estimate of drug-likeness (QED) is 0.498. The SMILES string of the molecule is Cc1ccc(Cl)c(OCc2cccc(C(=O)NCCCn3cc(Cl)c(C)n3)c2)c1. The van der Waals surface area contributed by atoms with Crippen molar-refractivity contribution in [2.75, 3.05) is 6.54 Å². The summed E-state index contributed by atoms with van der Waals surface area (Å²) in [5.41, 5.74) is 3.38. The van der Waals surface area contributed by atoms with Gasteiger partial charge >= 0.3 is 0 Å². The van der Waals surface area contributed by atoms with Crippen molar-refractivity contribution in [2.24, 2.45) is 0 Å². The summed E-state index contributed by atoms with van der Waals surface area (Å²) in [6.07, 6.45) is 2.56. The zero-order valence-corrected chi connectivity index (χ0v) is 17.9. The molecule has 3 aromatic rings. The number of hydrogen-bond donors (Lipinski definition) is 1. The zero-order chi connectivity index (χ0) is 20.8. The van der Waals surface area contributed by atoms with Gasteiger partial charge in [-0.1, -0.05) is 41.4 Å². The van der Waals surface area contributed by atoms with Crippen LogP contribution in [0.15, 0.2) is 48.7 Å². The van der Waals surface area contributed by atoms with E-state index in [1.54, 1.807) is 16.9 Å². The number of benzene rings is 2. The van der Waals surface area contributed by atoms with Crippen LogP contribution in [0.25, 0.3) is 0 Å². The van der Waals surface area contributed by atoms with E-state index < -0.39 is 0 Å². The lowest BCUT2D eigenvalue weighted by atomic mass is 10.1. The molecule has 152 valence electrons. The molecule has 1 heterocycles. The van der Waals surface area contributed by atoms with Crippen molar-refractivity contribution in [3.63, 3.8) is 0 Å². The van der Waals surface area contributed by atoms with E-state index in [9.17, 15) is 4.79 Å². The number of nitrogens with zero attached hydrogens (tertiary/aromatic N) is 2. The van der Waals surface area contributed by atoms with Gasteiger partial charge in [-0.25, -0.2) is 0 Å². The minimum atomic E-state index is -0.116. The largest absolute Gasteiger partial charge is 0.487 e. The number of aryl methyl sites for hydroxylation is 3. The van der Waals surface area contributed by atoms with E-state index >= 15 is 0 Å². The lowest BCUT2D eigenvalue weighted by Gasteiger charge is -2.10. The molecule has 1 aromatic heterocycles. The Morgan fingerprint density at radius 1 is 1.14 bits per heavy atom. The third kappa shape index (κ3) is 5.99. The Morgan fingerprint density at radius 2 is 1.97 bits per heavy atom. The Labute approximate surface area is 180 Å². The van der Waals surface area contributed by atoms with Crippen LogP contribution in [0.5, 0.6) is 5.75 Å². The second-order valence-electron chi connectivity index (χ2n) is 6.86. The summed E-state index contributed by atoms with van der Waals surface area (Å²) in [4.78, 5) is 12.4. The fourth-order valence-electron chi connectivity index (χ4n) is 2.84. The number of halogens is 2. The highest BCUT2D eigenvalue weighted by molar-refractivity contribution is 6.32. The first kappa shape index (κ1) is 21.2. The summed E-state index contributed by atoms with van der Waals surface area (Å²) in [6, 6.07) is 13.0. The van der Waals surface area contributed by atoms with Gasteiger partial charge in [0.05, 0.1) is 15.7 Å². The smallest absolute Gasteiger partial charge is 0.251 e. The van der Waals surface area contributed by atoms with Crippen LogP contribution in [0.4, 0.5) is 0 Å². The number of nitrogens with one attached hydrogen (secondary N) is 1. The predicted molar refractivity (Wildman–Crippen MR) is 116 cm³/mol. The van der Waals surface area contributed by atoms with Gasteiger partial charge in [-0.15, -0.1) is 0 Å². The van der Waals surface area contributed by atoms with E-state index in [4.69, 9.17) is 27.9 Å². The van der Waals surface area contributed by atoms with Crippen LogP contribution in [0.3, 0.4) is 0 Å². The zero-order valence-electron chi connectivity index (χ0n) is 16.4. The molecule has 0 fully saturated rings. The molecule has 0 aliphatic heterocycles. The standard InChI is InChI=1S/C22H23Cl2N3O2/c1-15-7-8-19(23)21(11-15)29-14-17-5-3-6-18(12-17)22(28)25-9-4-10-27-13-20(24)16(2)26-27/h3,5-8,11-13H,4,9-10,14H2,1-2H3,(H,25,28). The van der Waals surface area contributed by atoms with Gasteiger partial charge in [0.2, 0.25) is 0 Å². The molecule has 1 N–H and O–H groups in total. The number of amides is 1. The van der Waals surface area contributed by atoms with Gasteiger partial charge in [0.25, 0.3) is 5.91 Å².